The summed E-state index contributed by atoms with van der Waals surface area (Å²) in [5, 5.41) is 0. The highest BCUT2D eigenvalue weighted by Crippen LogP contribution is 2.36. The maximum atomic E-state index is 5.79. The van der Waals surface area contributed by atoms with Crippen LogP contribution in [-0.2, 0) is 12.8 Å². The van der Waals surface area contributed by atoms with Gasteiger partial charge in [0, 0.05) is 16.5 Å². The van der Waals surface area contributed by atoms with Gasteiger partial charge >= 0.3 is 0 Å². The summed E-state index contributed by atoms with van der Waals surface area (Å²) < 4.78 is 12.5. The Morgan fingerprint density at radius 2 is 2.14 bits per heavy atom. The van der Waals surface area contributed by atoms with Crippen LogP contribution in [0.1, 0.15) is 34.3 Å². The van der Waals surface area contributed by atoms with Gasteiger partial charge in [0.2, 0.25) is 0 Å². The molecule has 1 aromatic carbocycles. The number of halogens is 1. The zero-order chi connectivity index (χ0) is 15.0. The standard InChI is InChI=1S/C16H19BrN2O2/c1-9-5-14(10(2)21-9)15(19-18)8-12-7-13(17)6-11-3-4-20-16(11)12/h5-7,15,19H,3-4,8,18H2,1-2H3. The lowest BCUT2D eigenvalue weighted by Crippen LogP contribution is -2.29. The van der Waals surface area contributed by atoms with Gasteiger partial charge in [-0.15, -0.1) is 0 Å². The second kappa shape index (κ2) is 5.83. The number of nitrogens with two attached hydrogens (primary N) is 1. The summed E-state index contributed by atoms with van der Waals surface area (Å²) >= 11 is 3.58. The molecule has 0 bridgehead atoms. The number of ether oxygens (including phenoxy) is 1. The van der Waals surface area contributed by atoms with Crippen LogP contribution in [-0.4, -0.2) is 6.61 Å². The van der Waals surface area contributed by atoms with Crippen LogP contribution in [0, 0.1) is 13.8 Å². The second-order valence-corrected chi connectivity index (χ2v) is 6.36. The molecule has 2 aromatic rings. The highest BCUT2D eigenvalue weighted by atomic mass is 79.9. The normalized spacial score (nSPS) is 14.9. The van der Waals surface area contributed by atoms with Crippen LogP contribution in [0.3, 0.4) is 0 Å². The van der Waals surface area contributed by atoms with Crippen LogP contribution in [0.5, 0.6) is 5.75 Å². The molecule has 1 aromatic heterocycles. The van der Waals surface area contributed by atoms with Gasteiger partial charge < -0.3 is 9.15 Å². The number of rotatable bonds is 4. The molecule has 2 heterocycles. The summed E-state index contributed by atoms with van der Waals surface area (Å²) in [6, 6.07) is 6.28. The van der Waals surface area contributed by atoms with E-state index < -0.39 is 0 Å². The third-order valence-corrected chi connectivity index (χ3v) is 4.36. The SMILES string of the molecule is Cc1cc(C(Cc2cc(Br)cc3c2OCC3)NN)c(C)o1. The Hall–Kier alpha value is -1.30. The van der Waals surface area contributed by atoms with Crippen molar-refractivity contribution in [2.45, 2.75) is 32.7 Å². The van der Waals surface area contributed by atoms with Gasteiger partial charge in [0.1, 0.15) is 17.3 Å². The van der Waals surface area contributed by atoms with E-state index in [1.807, 2.05) is 19.9 Å². The van der Waals surface area contributed by atoms with Crippen LogP contribution < -0.4 is 16.0 Å². The fourth-order valence-electron chi connectivity index (χ4n) is 2.97. The second-order valence-electron chi connectivity index (χ2n) is 5.44. The summed E-state index contributed by atoms with van der Waals surface area (Å²) in [5.41, 5.74) is 6.42. The van der Waals surface area contributed by atoms with Crippen molar-refractivity contribution in [2.24, 2.45) is 5.84 Å². The Morgan fingerprint density at radius 3 is 2.81 bits per heavy atom. The van der Waals surface area contributed by atoms with Gasteiger partial charge in [0.05, 0.1) is 12.6 Å². The van der Waals surface area contributed by atoms with E-state index in [1.165, 1.54) is 5.56 Å². The zero-order valence-electron chi connectivity index (χ0n) is 12.2. The van der Waals surface area contributed by atoms with Crippen molar-refractivity contribution in [3.63, 3.8) is 0 Å². The molecule has 0 spiro atoms. The maximum absolute atomic E-state index is 5.79. The van der Waals surface area contributed by atoms with Gasteiger partial charge in [0.25, 0.3) is 0 Å². The van der Waals surface area contributed by atoms with Crippen LogP contribution in [0.2, 0.25) is 0 Å². The largest absolute Gasteiger partial charge is 0.493 e. The van der Waals surface area contributed by atoms with E-state index in [2.05, 4.69) is 33.5 Å². The molecule has 1 atom stereocenters. The minimum Gasteiger partial charge on any atom is -0.493 e. The summed E-state index contributed by atoms with van der Waals surface area (Å²) in [7, 11) is 0. The average Bonchev–Trinajstić information content (AvgIpc) is 3.02. The topological polar surface area (TPSA) is 60.4 Å². The Kier molecular flexibility index (Phi) is 4.06. The maximum Gasteiger partial charge on any atom is 0.125 e. The predicted molar refractivity (Wildman–Crippen MR) is 85.3 cm³/mol. The third kappa shape index (κ3) is 2.86. The molecule has 0 fully saturated rings. The Labute approximate surface area is 132 Å². The van der Waals surface area contributed by atoms with Crippen molar-refractivity contribution in [1.82, 2.24) is 5.43 Å². The number of fused-ring (bicyclic) bond motifs is 1. The van der Waals surface area contributed by atoms with Gasteiger partial charge in [-0.25, -0.2) is 0 Å². The molecule has 0 aliphatic carbocycles. The van der Waals surface area contributed by atoms with Crippen molar-refractivity contribution >= 4 is 15.9 Å². The molecule has 1 aliphatic heterocycles. The number of hydrogen-bond acceptors (Lipinski definition) is 4. The average molecular weight is 351 g/mol. The van der Waals surface area contributed by atoms with Gasteiger partial charge in [-0.3, -0.25) is 11.3 Å². The molecule has 1 aliphatic rings. The van der Waals surface area contributed by atoms with Crippen LogP contribution >= 0.6 is 15.9 Å². The van der Waals surface area contributed by atoms with Gasteiger partial charge in [-0.05, 0) is 49.6 Å². The number of hydrogen-bond donors (Lipinski definition) is 2. The van der Waals surface area contributed by atoms with E-state index in [1.54, 1.807) is 0 Å². The molecule has 1 unspecified atom stereocenters. The summed E-state index contributed by atoms with van der Waals surface area (Å²) in [6.07, 6.45) is 1.73. The lowest BCUT2D eigenvalue weighted by molar-refractivity contribution is 0.351. The Balaban J connectivity index is 1.93. The predicted octanol–water partition coefficient (Wildman–Crippen LogP) is 3.34. The van der Waals surface area contributed by atoms with E-state index in [0.29, 0.717) is 0 Å². The van der Waals surface area contributed by atoms with Crippen molar-refractivity contribution in [2.75, 3.05) is 6.61 Å². The quantitative estimate of drug-likeness (QED) is 0.655. The first-order chi connectivity index (χ1) is 10.1. The summed E-state index contributed by atoms with van der Waals surface area (Å²) in [5.74, 6) is 8.59. The fraction of sp³-hybridized carbons (Fsp3) is 0.375. The first-order valence-electron chi connectivity index (χ1n) is 7.05. The molecule has 3 N–H and O–H groups in total. The van der Waals surface area contributed by atoms with Crippen molar-refractivity contribution < 1.29 is 9.15 Å². The minimum atomic E-state index is 0.00468. The van der Waals surface area contributed by atoms with Crippen molar-refractivity contribution in [1.29, 1.82) is 0 Å². The molecule has 3 rings (SSSR count). The number of hydrazine groups is 1. The van der Waals surface area contributed by atoms with E-state index in [4.69, 9.17) is 15.0 Å². The number of furan rings is 1. The molecule has 4 nitrogen and oxygen atoms in total. The molecule has 0 radical (unpaired) electrons. The molecular weight excluding hydrogens is 332 g/mol. The number of nitrogens with one attached hydrogen (secondary N) is 1. The summed E-state index contributed by atoms with van der Waals surface area (Å²) in [4.78, 5) is 0. The Bertz CT molecular complexity index is 667. The first kappa shape index (κ1) is 14.6. The third-order valence-electron chi connectivity index (χ3n) is 3.91. The van der Waals surface area contributed by atoms with Crippen LogP contribution in [0.15, 0.2) is 27.1 Å². The van der Waals surface area contributed by atoms with Gasteiger partial charge in [0.15, 0.2) is 0 Å². The molecule has 0 saturated heterocycles. The molecule has 5 heteroatoms. The molecule has 0 saturated carbocycles. The van der Waals surface area contributed by atoms with Crippen LogP contribution in [0.4, 0.5) is 0 Å². The lowest BCUT2D eigenvalue weighted by Gasteiger charge is -2.17. The highest BCUT2D eigenvalue weighted by Gasteiger charge is 2.22. The van der Waals surface area contributed by atoms with Crippen molar-refractivity contribution in [3.05, 3.63) is 50.9 Å². The highest BCUT2D eigenvalue weighted by molar-refractivity contribution is 9.10. The fourth-order valence-corrected chi connectivity index (χ4v) is 3.53. The van der Waals surface area contributed by atoms with E-state index >= 15 is 0 Å². The minimum absolute atomic E-state index is 0.00468. The molecule has 112 valence electrons. The van der Waals surface area contributed by atoms with E-state index in [-0.39, 0.29) is 6.04 Å². The molecular formula is C16H19BrN2O2. The van der Waals surface area contributed by atoms with Gasteiger partial charge in [-0.1, -0.05) is 15.9 Å². The molecule has 21 heavy (non-hydrogen) atoms. The number of benzene rings is 1. The first-order valence-corrected chi connectivity index (χ1v) is 7.85. The zero-order valence-corrected chi connectivity index (χ0v) is 13.8. The van der Waals surface area contributed by atoms with Crippen molar-refractivity contribution in [3.8, 4) is 5.75 Å². The van der Waals surface area contributed by atoms with Crippen LogP contribution in [0.25, 0.3) is 0 Å². The summed E-state index contributed by atoms with van der Waals surface area (Å²) in [6.45, 7) is 4.67. The number of aryl methyl sites for hydroxylation is 2. The monoisotopic (exact) mass is 350 g/mol. The Morgan fingerprint density at radius 1 is 1.33 bits per heavy atom. The van der Waals surface area contributed by atoms with Gasteiger partial charge in [-0.2, -0.15) is 0 Å². The molecule has 0 amide bonds. The smallest absolute Gasteiger partial charge is 0.125 e. The lowest BCUT2D eigenvalue weighted by atomic mass is 9.97. The van der Waals surface area contributed by atoms with E-state index in [9.17, 15) is 0 Å². The van der Waals surface area contributed by atoms with E-state index in [0.717, 1.165) is 52.3 Å².